The fourth-order valence-corrected chi connectivity index (χ4v) is 4.88. The van der Waals surface area contributed by atoms with Crippen molar-refractivity contribution in [3.05, 3.63) is 59.2 Å². The summed E-state index contributed by atoms with van der Waals surface area (Å²) in [5, 5.41) is 2.82. The smallest absolute Gasteiger partial charge is 0.322 e. The maximum atomic E-state index is 12.6. The van der Waals surface area contributed by atoms with Crippen molar-refractivity contribution in [2.45, 2.75) is 43.4 Å². The Hall–Kier alpha value is -2.67. The molecule has 0 unspecified atom stereocenters. The number of sulfonamides is 1. The van der Waals surface area contributed by atoms with Crippen LogP contribution < -0.4 is 15.0 Å². The Morgan fingerprint density at radius 2 is 1.75 bits per heavy atom. The van der Waals surface area contributed by atoms with Gasteiger partial charge in [0, 0.05) is 11.3 Å². The Balaban J connectivity index is 1.51. The van der Waals surface area contributed by atoms with E-state index in [4.69, 9.17) is 0 Å². The summed E-state index contributed by atoms with van der Waals surface area (Å²) in [4.78, 5) is 15.8. The molecule has 7 heteroatoms. The number of carbonyl (C=O) groups is 1. The Labute approximate surface area is 165 Å². The summed E-state index contributed by atoms with van der Waals surface area (Å²) in [6.45, 7) is 0.773. The van der Waals surface area contributed by atoms with Gasteiger partial charge >= 0.3 is 10.0 Å². The zero-order valence-corrected chi connectivity index (χ0v) is 16.4. The predicted octanol–water partition coefficient (Wildman–Crippen LogP) is 1.37. The standard InChI is InChI=1S/C21H23N3O3S/c25-21(17-11-10-15-5-1-2-6-16(15)13-17)23-18-7-3-8-19(14-18)28(26,27)24-20-9-4-12-22-20/h3,7-8,10-11,13-14H,1-2,4-6,9,12H2,(H,22,24)(H,23,25)/p+1. The maximum Gasteiger partial charge on any atom is 0.328 e. The van der Waals surface area contributed by atoms with E-state index in [1.54, 1.807) is 12.1 Å². The summed E-state index contributed by atoms with van der Waals surface area (Å²) in [5.41, 5.74) is 3.60. The van der Waals surface area contributed by atoms with Gasteiger partial charge in [0.15, 0.2) is 0 Å². The fourth-order valence-electron chi connectivity index (χ4n) is 3.72. The maximum absolute atomic E-state index is 12.6. The van der Waals surface area contributed by atoms with E-state index in [9.17, 15) is 13.2 Å². The molecule has 1 aliphatic carbocycles. The Bertz CT molecular complexity index is 1040. The van der Waals surface area contributed by atoms with Crippen LogP contribution in [0.5, 0.6) is 0 Å². The SMILES string of the molecule is O=C(Nc1cccc(S(=O)(=O)NC2=[NH+]CCC2)c1)c1ccc2c(c1)CCCC2. The molecule has 2 aromatic rings. The Morgan fingerprint density at radius 1 is 0.929 bits per heavy atom. The van der Waals surface area contributed by atoms with Crippen molar-refractivity contribution in [2.24, 2.45) is 0 Å². The first-order chi connectivity index (χ1) is 13.5. The number of nitrogens with one attached hydrogen (secondary N) is 3. The van der Waals surface area contributed by atoms with Crippen molar-refractivity contribution < 1.29 is 18.2 Å². The van der Waals surface area contributed by atoms with E-state index in [2.05, 4.69) is 15.0 Å². The fraction of sp³-hybridized carbons (Fsp3) is 0.333. The number of carbonyl (C=O) groups excluding carboxylic acids is 1. The van der Waals surface area contributed by atoms with Gasteiger partial charge in [-0.25, -0.2) is 0 Å². The van der Waals surface area contributed by atoms with Crippen LogP contribution in [-0.2, 0) is 22.9 Å². The van der Waals surface area contributed by atoms with Crippen LogP contribution in [0.1, 0.15) is 47.2 Å². The van der Waals surface area contributed by atoms with Gasteiger partial charge in [0.25, 0.3) is 11.7 Å². The van der Waals surface area contributed by atoms with Crippen molar-refractivity contribution in [3.63, 3.8) is 0 Å². The average molecular weight is 399 g/mol. The topological polar surface area (TPSA) is 89.2 Å². The number of amides is 1. The van der Waals surface area contributed by atoms with E-state index in [1.165, 1.54) is 29.7 Å². The molecule has 3 N–H and O–H groups in total. The second-order valence-electron chi connectivity index (χ2n) is 7.29. The molecule has 146 valence electrons. The highest BCUT2D eigenvalue weighted by Crippen LogP contribution is 2.23. The monoisotopic (exact) mass is 398 g/mol. The molecule has 0 spiro atoms. The second kappa shape index (κ2) is 7.75. The summed E-state index contributed by atoms with van der Waals surface area (Å²) in [7, 11) is -3.68. The summed E-state index contributed by atoms with van der Waals surface area (Å²) >= 11 is 0. The lowest BCUT2D eigenvalue weighted by molar-refractivity contribution is -0.448. The molecule has 1 heterocycles. The quantitative estimate of drug-likeness (QED) is 0.727. The first kappa shape index (κ1) is 18.7. The van der Waals surface area contributed by atoms with Gasteiger partial charge in [-0.1, -0.05) is 12.1 Å². The number of hydrogen-bond donors (Lipinski definition) is 3. The third kappa shape index (κ3) is 4.09. The molecule has 28 heavy (non-hydrogen) atoms. The number of rotatable bonds is 4. The highest BCUT2D eigenvalue weighted by Gasteiger charge is 2.24. The summed E-state index contributed by atoms with van der Waals surface area (Å²) in [5.74, 6) is 0.381. The van der Waals surface area contributed by atoms with Crippen LogP contribution in [0, 0.1) is 0 Å². The van der Waals surface area contributed by atoms with Crippen molar-refractivity contribution in [3.8, 4) is 0 Å². The zero-order chi connectivity index (χ0) is 19.6. The summed E-state index contributed by atoms with van der Waals surface area (Å²) in [6.07, 6.45) is 6.02. The molecular formula is C21H24N3O3S+. The van der Waals surface area contributed by atoms with Gasteiger partial charge in [-0.15, -0.1) is 0 Å². The van der Waals surface area contributed by atoms with Gasteiger partial charge in [-0.2, -0.15) is 13.1 Å². The lowest BCUT2D eigenvalue weighted by Gasteiger charge is -2.16. The van der Waals surface area contributed by atoms with Crippen LogP contribution in [0.2, 0.25) is 0 Å². The normalized spacial score (nSPS) is 16.2. The molecule has 6 nitrogen and oxygen atoms in total. The highest BCUT2D eigenvalue weighted by atomic mass is 32.2. The second-order valence-corrected chi connectivity index (χ2v) is 8.97. The largest absolute Gasteiger partial charge is 0.328 e. The minimum Gasteiger partial charge on any atom is -0.322 e. The Morgan fingerprint density at radius 3 is 2.54 bits per heavy atom. The third-order valence-electron chi connectivity index (χ3n) is 5.21. The average Bonchev–Trinajstić information content (AvgIpc) is 3.20. The van der Waals surface area contributed by atoms with Crippen LogP contribution in [0.15, 0.2) is 47.4 Å². The minimum atomic E-state index is -3.68. The van der Waals surface area contributed by atoms with E-state index in [-0.39, 0.29) is 10.8 Å². The molecule has 2 aliphatic rings. The molecule has 0 radical (unpaired) electrons. The summed E-state index contributed by atoms with van der Waals surface area (Å²) in [6, 6.07) is 12.1. The molecule has 4 rings (SSSR count). The van der Waals surface area contributed by atoms with Gasteiger partial charge in [0.2, 0.25) is 0 Å². The van der Waals surface area contributed by atoms with E-state index >= 15 is 0 Å². The Kier molecular flexibility index (Phi) is 5.17. The third-order valence-corrected chi connectivity index (χ3v) is 6.60. The molecule has 0 saturated heterocycles. The minimum absolute atomic E-state index is 0.122. The molecule has 0 fully saturated rings. The number of benzene rings is 2. The van der Waals surface area contributed by atoms with Crippen LogP contribution in [0.3, 0.4) is 0 Å². The van der Waals surface area contributed by atoms with Crippen molar-refractivity contribution in [2.75, 3.05) is 11.9 Å². The van der Waals surface area contributed by atoms with Gasteiger partial charge in [-0.3, -0.25) is 9.79 Å². The van der Waals surface area contributed by atoms with Crippen molar-refractivity contribution in [1.29, 1.82) is 0 Å². The van der Waals surface area contributed by atoms with Crippen LogP contribution in [0.4, 0.5) is 5.69 Å². The van der Waals surface area contributed by atoms with Gasteiger partial charge in [0.05, 0.1) is 13.0 Å². The summed E-state index contributed by atoms with van der Waals surface area (Å²) < 4.78 is 27.7. The molecular weight excluding hydrogens is 374 g/mol. The number of hydrogen-bond acceptors (Lipinski definition) is 3. The number of amidine groups is 1. The van der Waals surface area contributed by atoms with Crippen LogP contribution >= 0.6 is 0 Å². The zero-order valence-electron chi connectivity index (χ0n) is 15.6. The first-order valence-corrected chi connectivity index (χ1v) is 11.2. The highest BCUT2D eigenvalue weighted by molar-refractivity contribution is 7.90. The van der Waals surface area contributed by atoms with Crippen LogP contribution in [-0.4, -0.2) is 26.7 Å². The number of aryl methyl sites for hydroxylation is 2. The van der Waals surface area contributed by atoms with Crippen molar-refractivity contribution >= 4 is 27.5 Å². The lowest BCUT2D eigenvalue weighted by atomic mass is 9.90. The number of anilines is 1. The molecule has 1 aliphatic heterocycles. The van der Waals surface area contributed by atoms with Crippen LogP contribution in [0.25, 0.3) is 0 Å². The van der Waals surface area contributed by atoms with Crippen molar-refractivity contribution in [1.82, 2.24) is 4.72 Å². The first-order valence-electron chi connectivity index (χ1n) is 9.67. The predicted molar refractivity (Wildman–Crippen MR) is 108 cm³/mol. The molecule has 0 aromatic heterocycles. The lowest BCUT2D eigenvalue weighted by Crippen LogP contribution is -2.72. The molecule has 0 atom stereocenters. The van der Waals surface area contributed by atoms with E-state index in [0.29, 0.717) is 23.5 Å². The van der Waals surface area contributed by atoms with Gasteiger partial charge in [-0.05, 0) is 73.6 Å². The molecule has 0 bridgehead atoms. The van der Waals surface area contributed by atoms with E-state index < -0.39 is 10.0 Å². The molecule has 0 saturated carbocycles. The molecule has 1 amide bonds. The van der Waals surface area contributed by atoms with E-state index in [0.717, 1.165) is 32.2 Å². The van der Waals surface area contributed by atoms with E-state index in [1.807, 2.05) is 18.2 Å². The number of fused-ring (bicyclic) bond motifs is 1. The van der Waals surface area contributed by atoms with Gasteiger partial charge < -0.3 is 5.32 Å². The van der Waals surface area contributed by atoms with Gasteiger partial charge in [0.1, 0.15) is 4.90 Å². The molecule has 2 aromatic carbocycles.